The van der Waals surface area contributed by atoms with E-state index in [1.807, 2.05) is 0 Å². The largest absolute Gasteiger partial charge is 0.469 e. The number of ether oxygens (including phenoxy) is 2. The van der Waals surface area contributed by atoms with Gasteiger partial charge in [-0.25, -0.2) is 17.5 Å². The van der Waals surface area contributed by atoms with Gasteiger partial charge in [-0.3, -0.25) is 4.79 Å². The summed E-state index contributed by atoms with van der Waals surface area (Å²) in [6, 6.07) is 0. The lowest BCUT2D eigenvalue weighted by Gasteiger charge is -2.17. The van der Waals surface area contributed by atoms with Crippen molar-refractivity contribution in [2.24, 2.45) is 0 Å². The molecule has 1 rings (SSSR count). The minimum absolute atomic E-state index is 0.0277. The molecule has 1 aromatic rings. The van der Waals surface area contributed by atoms with E-state index in [2.05, 4.69) is 9.47 Å². The van der Waals surface area contributed by atoms with Crippen LogP contribution >= 0.6 is 11.3 Å². The Hall–Kier alpha value is -1.45. The monoisotopic (exact) mass is 335 g/mol. The van der Waals surface area contributed by atoms with Gasteiger partial charge in [-0.15, -0.1) is 11.3 Å². The molecular weight excluding hydrogens is 318 g/mol. The van der Waals surface area contributed by atoms with Crippen molar-refractivity contribution in [1.29, 1.82) is 0 Å². The van der Waals surface area contributed by atoms with Crippen LogP contribution in [-0.4, -0.2) is 52.5 Å². The molecule has 0 amide bonds. The number of carbonyl (C=O) groups is 2. The number of hydrogen-bond acceptors (Lipinski definition) is 7. The first-order valence-corrected chi connectivity index (χ1v) is 8.27. The highest BCUT2D eigenvalue weighted by molar-refractivity contribution is 7.89. The first-order chi connectivity index (χ1) is 9.75. The van der Waals surface area contributed by atoms with Crippen molar-refractivity contribution in [3.63, 3.8) is 0 Å². The van der Waals surface area contributed by atoms with Crippen LogP contribution in [0, 0.1) is 6.92 Å². The van der Waals surface area contributed by atoms with E-state index in [0.717, 1.165) is 15.6 Å². The highest BCUT2D eigenvalue weighted by Crippen LogP contribution is 2.29. The summed E-state index contributed by atoms with van der Waals surface area (Å²) >= 11 is 1.01. The van der Waals surface area contributed by atoms with Crippen LogP contribution in [0.15, 0.2) is 10.3 Å². The van der Waals surface area contributed by atoms with Gasteiger partial charge in [0.2, 0.25) is 10.0 Å². The fourth-order valence-corrected chi connectivity index (χ4v) is 4.44. The predicted octanol–water partition coefficient (Wildman–Crippen LogP) is 1.03. The van der Waals surface area contributed by atoms with Gasteiger partial charge in [0.15, 0.2) is 0 Å². The molecule has 0 unspecified atom stereocenters. The molecule has 21 heavy (non-hydrogen) atoms. The molecule has 7 nitrogen and oxygen atoms in total. The third-order valence-corrected chi connectivity index (χ3v) is 6.07. The van der Waals surface area contributed by atoms with Crippen LogP contribution in [0.2, 0.25) is 0 Å². The van der Waals surface area contributed by atoms with Gasteiger partial charge in [0.25, 0.3) is 0 Å². The van der Waals surface area contributed by atoms with Crippen molar-refractivity contribution in [3.05, 3.63) is 15.8 Å². The first kappa shape index (κ1) is 17.6. The van der Waals surface area contributed by atoms with Crippen LogP contribution in [0.3, 0.4) is 0 Å². The van der Waals surface area contributed by atoms with Crippen molar-refractivity contribution in [2.45, 2.75) is 18.2 Å². The molecular formula is C12H17NO6S2. The molecule has 0 aliphatic rings. The van der Waals surface area contributed by atoms with E-state index in [1.54, 1.807) is 12.3 Å². The molecule has 0 aliphatic carbocycles. The van der Waals surface area contributed by atoms with Crippen molar-refractivity contribution in [1.82, 2.24) is 4.31 Å². The second-order valence-electron chi connectivity index (χ2n) is 4.22. The van der Waals surface area contributed by atoms with E-state index in [0.29, 0.717) is 5.56 Å². The zero-order valence-electron chi connectivity index (χ0n) is 12.2. The van der Waals surface area contributed by atoms with Gasteiger partial charge >= 0.3 is 11.9 Å². The maximum absolute atomic E-state index is 12.5. The highest BCUT2D eigenvalue weighted by atomic mass is 32.2. The molecule has 0 spiro atoms. The zero-order valence-corrected chi connectivity index (χ0v) is 13.8. The number of esters is 2. The Kier molecular flexibility index (Phi) is 5.87. The molecule has 0 fully saturated rings. The first-order valence-electron chi connectivity index (χ1n) is 5.95. The number of rotatable bonds is 6. The fraction of sp³-hybridized carbons (Fsp3) is 0.500. The molecule has 118 valence electrons. The maximum Gasteiger partial charge on any atom is 0.349 e. The Balaban J connectivity index is 3.10. The van der Waals surface area contributed by atoms with E-state index in [1.165, 1.54) is 21.3 Å². The molecule has 0 N–H and O–H groups in total. The number of hydrogen-bond donors (Lipinski definition) is 0. The quantitative estimate of drug-likeness (QED) is 0.721. The van der Waals surface area contributed by atoms with Crippen molar-refractivity contribution in [3.8, 4) is 0 Å². The van der Waals surface area contributed by atoms with E-state index in [9.17, 15) is 18.0 Å². The standard InChI is InChI=1S/C12H17NO6S2/c1-8-7-20-10(12(15)19-4)11(8)21(16,17)13(2)6-5-9(14)18-3/h7H,5-6H2,1-4H3. The summed E-state index contributed by atoms with van der Waals surface area (Å²) in [5.41, 5.74) is 0.463. The van der Waals surface area contributed by atoms with Gasteiger partial charge in [-0.2, -0.15) is 0 Å². The Labute approximate surface area is 127 Å². The lowest BCUT2D eigenvalue weighted by Crippen LogP contribution is -2.30. The summed E-state index contributed by atoms with van der Waals surface area (Å²) in [4.78, 5) is 22.7. The van der Waals surface area contributed by atoms with Gasteiger partial charge in [-0.1, -0.05) is 0 Å². The van der Waals surface area contributed by atoms with Gasteiger partial charge < -0.3 is 9.47 Å². The van der Waals surface area contributed by atoms with Gasteiger partial charge in [0, 0.05) is 13.6 Å². The third-order valence-electron chi connectivity index (χ3n) is 2.82. The van der Waals surface area contributed by atoms with Crippen molar-refractivity contribution in [2.75, 3.05) is 27.8 Å². The summed E-state index contributed by atoms with van der Waals surface area (Å²) in [5, 5.41) is 1.58. The molecule has 0 saturated carbocycles. The minimum Gasteiger partial charge on any atom is -0.469 e. The van der Waals surface area contributed by atoms with E-state index in [-0.39, 0.29) is 22.7 Å². The van der Waals surface area contributed by atoms with Crippen LogP contribution in [0.5, 0.6) is 0 Å². The predicted molar refractivity (Wildman–Crippen MR) is 76.8 cm³/mol. The van der Waals surface area contributed by atoms with E-state index >= 15 is 0 Å². The fourth-order valence-electron chi connectivity index (χ4n) is 1.61. The van der Waals surface area contributed by atoms with E-state index < -0.39 is 22.0 Å². The topological polar surface area (TPSA) is 90.0 Å². The molecule has 0 aromatic carbocycles. The van der Waals surface area contributed by atoms with E-state index in [4.69, 9.17) is 0 Å². The Morgan fingerprint density at radius 2 is 1.90 bits per heavy atom. The molecule has 0 radical (unpaired) electrons. The average Bonchev–Trinajstić information content (AvgIpc) is 2.85. The highest BCUT2D eigenvalue weighted by Gasteiger charge is 2.31. The second-order valence-corrected chi connectivity index (χ2v) is 7.08. The number of sulfonamides is 1. The van der Waals surface area contributed by atoms with Crippen LogP contribution in [-0.2, 0) is 24.3 Å². The molecule has 1 heterocycles. The van der Waals surface area contributed by atoms with Crippen LogP contribution < -0.4 is 0 Å². The van der Waals surface area contributed by atoms with Crippen LogP contribution in [0.1, 0.15) is 21.7 Å². The van der Waals surface area contributed by atoms with Gasteiger partial charge in [-0.05, 0) is 17.9 Å². The number of nitrogens with zero attached hydrogens (tertiary/aromatic N) is 1. The molecule has 0 saturated heterocycles. The lowest BCUT2D eigenvalue weighted by atomic mass is 10.3. The summed E-state index contributed by atoms with van der Waals surface area (Å²) in [5.74, 6) is -1.21. The van der Waals surface area contributed by atoms with Gasteiger partial charge in [0.05, 0.1) is 20.6 Å². The third kappa shape index (κ3) is 3.80. The van der Waals surface area contributed by atoms with Gasteiger partial charge in [0.1, 0.15) is 9.77 Å². The average molecular weight is 335 g/mol. The number of carbonyl (C=O) groups excluding carboxylic acids is 2. The molecule has 9 heteroatoms. The second kappa shape index (κ2) is 7.01. The summed E-state index contributed by atoms with van der Waals surface area (Å²) < 4.78 is 35.1. The number of thiophene rings is 1. The Morgan fingerprint density at radius 1 is 1.29 bits per heavy atom. The van der Waals surface area contributed by atoms with Crippen molar-refractivity contribution < 1.29 is 27.5 Å². The molecule has 0 aliphatic heterocycles. The molecule has 1 aromatic heterocycles. The minimum atomic E-state index is -3.88. The Morgan fingerprint density at radius 3 is 2.43 bits per heavy atom. The smallest absolute Gasteiger partial charge is 0.349 e. The summed E-state index contributed by atoms with van der Waals surface area (Å²) in [7, 11) is -0.117. The Bertz CT molecular complexity index is 634. The SMILES string of the molecule is COC(=O)CCN(C)S(=O)(=O)c1c(C)csc1C(=O)OC. The normalized spacial score (nSPS) is 11.5. The molecule has 0 atom stereocenters. The number of aryl methyl sites for hydroxylation is 1. The number of methoxy groups -OCH3 is 2. The van der Waals surface area contributed by atoms with Crippen molar-refractivity contribution >= 4 is 33.3 Å². The maximum atomic E-state index is 12.5. The zero-order chi connectivity index (χ0) is 16.2. The summed E-state index contributed by atoms with van der Waals surface area (Å²) in [6.45, 7) is 1.56. The van der Waals surface area contributed by atoms with Crippen LogP contribution in [0.25, 0.3) is 0 Å². The lowest BCUT2D eigenvalue weighted by molar-refractivity contribution is -0.140. The molecule has 0 bridgehead atoms. The van der Waals surface area contributed by atoms with Crippen LogP contribution in [0.4, 0.5) is 0 Å². The summed E-state index contributed by atoms with van der Waals surface area (Å²) in [6.07, 6.45) is -0.0665.